The Hall–Kier alpha value is -2.04. The maximum atomic E-state index is 13.1. The van der Waals surface area contributed by atoms with Crippen LogP contribution < -0.4 is 0 Å². The molecule has 0 bridgehead atoms. The zero-order chi connectivity index (χ0) is 23.0. The molecule has 0 unspecified atom stereocenters. The van der Waals surface area contributed by atoms with E-state index in [-0.39, 0.29) is 0 Å². The minimum absolute atomic E-state index is 0.382. The fraction of sp³-hybridized carbons (Fsp3) is 0.364. The van der Waals surface area contributed by atoms with Crippen molar-refractivity contribution in [1.29, 1.82) is 0 Å². The first-order valence-electron chi connectivity index (χ1n) is 10.4. The molecule has 0 atom stereocenters. The van der Waals surface area contributed by atoms with Gasteiger partial charge in [-0.25, -0.2) is 13.1 Å². The van der Waals surface area contributed by atoms with Crippen LogP contribution in [0.3, 0.4) is 0 Å². The number of hydrogen-bond acceptors (Lipinski definition) is 5. The van der Waals surface area contributed by atoms with Crippen molar-refractivity contribution >= 4 is 33.8 Å². The number of rotatable bonds is 5. The van der Waals surface area contributed by atoms with Gasteiger partial charge >= 0.3 is 0 Å². The van der Waals surface area contributed by atoms with Crippen LogP contribution in [0.1, 0.15) is 11.1 Å². The fourth-order valence-corrected chi connectivity index (χ4v) is 6.02. The van der Waals surface area contributed by atoms with E-state index in [9.17, 15) is 8.42 Å². The molecular formula is C22H26ClN5O2S2. The van der Waals surface area contributed by atoms with Crippen LogP contribution in [0.25, 0.3) is 11.4 Å². The molecule has 0 radical (unpaired) electrons. The van der Waals surface area contributed by atoms with Gasteiger partial charge in [0.2, 0.25) is 10.0 Å². The molecule has 170 valence electrons. The van der Waals surface area contributed by atoms with Gasteiger partial charge in [-0.15, -0.1) is 0 Å². The topological polar surface area (TPSA) is 63.4 Å². The van der Waals surface area contributed by atoms with Gasteiger partial charge in [-0.3, -0.25) is 4.90 Å². The Balaban J connectivity index is 1.47. The molecule has 0 saturated carbocycles. The molecule has 0 amide bonds. The van der Waals surface area contributed by atoms with Crippen LogP contribution in [0.4, 0.5) is 0 Å². The Morgan fingerprint density at radius 2 is 1.75 bits per heavy atom. The van der Waals surface area contributed by atoms with E-state index in [2.05, 4.69) is 10.00 Å². The summed E-state index contributed by atoms with van der Waals surface area (Å²) in [4.78, 5) is 2.54. The summed E-state index contributed by atoms with van der Waals surface area (Å²) in [6.45, 7) is 6.35. The van der Waals surface area contributed by atoms with Crippen LogP contribution >= 0.6 is 23.8 Å². The van der Waals surface area contributed by atoms with Crippen LogP contribution in [0.15, 0.2) is 47.4 Å². The number of piperazine rings is 1. The molecule has 2 heterocycles. The van der Waals surface area contributed by atoms with Crippen molar-refractivity contribution in [3.63, 3.8) is 0 Å². The Kier molecular flexibility index (Phi) is 6.56. The van der Waals surface area contributed by atoms with E-state index in [4.69, 9.17) is 23.8 Å². The predicted molar refractivity (Wildman–Crippen MR) is 129 cm³/mol. The van der Waals surface area contributed by atoms with E-state index in [1.165, 1.54) is 0 Å². The van der Waals surface area contributed by atoms with E-state index >= 15 is 0 Å². The Labute approximate surface area is 198 Å². The standard InChI is InChI=1S/C22H26ClN5O2S2/c1-16-8-9-20(17(2)14-16)32(29,30)27-12-10-26(11-13-27)15-28-22(31)25(3)21(24-28)18-6-4-5-7-19(18)23/h4-9,14H,10-13,15H2,1-3H3. The zero-order valence-corrected chi connectivity index (χ0v) is 20.7. The highest BCUT2D eigenvalue weighted by molar-refractivity contribution is 7.89. The van der Waals surface area contributed by atoms with E-state index in [0.717, 1.165) is 16.7 Å². The van der Waals surface area contributed by atoms with Gasteiger partial charge in [0.1, 0.15) is 0 Å². The molecule has 2 aromatic carbocycles. The molecular weight excluding hydrogens is 466 g/mol. The molecule has 1 fully saturated rings. The number of nitrogens with zero attached hydrogens (tertiary/aromatic N) is 5. The largest absolute Gasteiger partial charge is 0.303 e. The molecule has 1 aromatic heterocycles. The second-order valence-electron chi connectivity index (χ2n) is 8.08. The number of aryl methyl sites for hydroxylation is 2. The van der Waals surface area contributed by atoms with Gasteiger partial charge in [0.25, 0.3) is 0 Å². The van der Waals surface area contributed by atoms with Crippen molar-refractivity contribution in [2.75, 3.05) is 26.2 Å². The molecule has 1 saturated heterocycles. The lowest BCUT2D eigenvalue weighted by Gasteiger charge is -2.34. The number of benzene rings is 2. The lowest BCUT2D eigenvalue weighted by atomic mass is 10.2. The van der Waals surface area contributed by atoms with Gasteiger partial charge in [0, 0.05) is 38.8 Å². The molecule has 1 aliphatic rings. The summed E-state index contributed by atoms with van der Waals surface area (Å²) >= 11 is 11.9. The quantitative estimate of drug-likeness (QED) is 0.507. The van der Waals surface area contributed by atoms with Gasteiger partial charge in [-0.05, 0) is 49.8 Å². The molecule has 32 heavy (non-hydrogen) atoms. The van der Waals surface area contributed by atoms with E-state index in [1.807, 2.05) is 61.9 Å². The van der Waals surface area contributed by atoms with Gasteiger partial charge in [0.05, 0.1) is 16.6 Å². The molecule has 4 rings (SSSR count). The molecule has 3 aromatic rings. The van der Waals surface area contributed by atoms with Gasteiger partial charge in [-0.1, -0.05) is 41.4 Å². The van der Waals surface area contributed by atoms with Crippen molar-refractivity contribution < 1.29 is 8.42 Å². The SMILES string of the molecule is Cc1ccc(S(=O)(=O)N2CCN(Cn3nc(-c4ccccc4Cl)n(C)c3=S)CC2)c(C)c1. The fourth-order valence-electron chi connectivity index (χ4n) is 3.99. The summed E-state index contributed by atoms with van der Waals surface area (Å²) in [5, 5.41) is 5.31. The van der Waals surface area contributed by atoms with E-state index in [0.29, 0.717) is 53.4 Å². The first-order chi connectivity index (χ1) is 15.2. The van der Waals surface area contributed by atoms with Gasteiger partial charge in [0.15, 0.2) is 10.6 Å². The van der Waals surface area contributed by atoms with Crippen LogP contribution in [0, 0.1) is 18.6 Å². The monoisotopic (exact) mass is 491 g/mol. The Bertz CT molecular complexity index is 1310. The first-order valence-corrected chi connectivity index (χ1v) is 12.6. The average Bonchev–Trinajstić information content (AvgIpc) is 3.02. The third kappa shape index (κ3) is 4.40. The van der Waals surface area contributed by atoms with Crippen LogP contribution in [-0.4, -0.2) is 58.1 Å². The van der Waals surface area contributed by atoms with Crippen molar-refractivity contribution in [1.82, 2.24) is 23.6 Å². The minimum atomic E-state index is -3.51. The van der Waals surface area contributed by atoms with Crippen molar-refractivity contribution in [3.8, 4) is 11.4 Å². The van der Waals surface area contributed by atoms with E-state index in [1.54, 1.807) is 15.1 Å². The Morgan fingerprint density at radius 3 is 2.41 bits per heavy atom. The first kappa shape index (κ1) is 23.1. The highest BCUT2D eigenvalue weighted by Crippen LogP contribution is 2.26. The normalized spacial score (nSPS) is 15.9. The third-order valence-corrected chi connectivity index (χ3v) is 8.64. The van der Waals surface area contributed by atoms with Crippen molar-refractivity contribution in [3.05, 3.63) is 63.4 Å². The number of halogens is 1. The minimum Gasteiger partial charge on any atom is -0.303 e. The highest BCUT2D eigenvalue weighted by atomic mass is 35.5. The number of aromatic nitrogens is 3. The second-order valence-corrected chi connectivity index (χ2v) is 10.8. The smallest absolute Gasteiger partial charge is 0.243 e. The molecule has 0 N–H and O–H groups in total. The summed E-state index contributed by atoms with van der Waals surface area (Å²) in [6, 6.07) is 13.0. The number of sulfonamides is 1. The molecule has 7 nitrogen and oxygen atoms in total. The van der Waals surface area contributed by atoms with Crippen LogP contribution in [0.5, 0.6) is 0 Å². The highest BCUT2D eigenvalue weighted by Gasteiger charge is 2.30. The third-order valence-electron chi connectivity index (χ3n) is 5.77. The maximum Gasteiger partial charge on any atom is 0.243 e. The lowest BCUT2D eigenvalue weighted by Crippen LogP contribution is -2.49. The molecule has 0 spiro atoms. The van der Waals surface area contributed by atoms with Crippen LogP contribution in [0.2, 0.25) is 5.02 Å². The zero-order valence-electron chi connectivity index (χ0n) is 18.3. The summed E-state index contributed by atoms with van der Waals surface area (Å²) < 4.78 is 32.0. The lowest BCUT2D eigenvalue weighted by molar-refractivity contribution is 0.144. The summed E-state index contributed by atoms with van der Waals surface area (Å²) in [7, 11) is -1.64. The van der Waals surface area contributed by atoms with Gasteiger partial charge in [-0.2, -0.15) is 9.40 Å². The van der Waals surface area contributed by atoms with Gasteiger partial charge < -0.3 is 4.57 Å². The molecule has 1 aliphatic heterocycles. The molecule has 10 heteroatoms. The summed E-state index contributed by atoms with van der Waals surface area (Å²) in [6.07, 6.45) is 0. The summed E-state index contributed by atoms with van der Waals surface area (Å²) in [5.41, 5.74) is 2.65. The van der Waals surface area contributed by atoms with Crippen LogP contribution in [-0.2, 0) is 23.7 Å². The van der Waals surface area contributed by atoms with E-state index < -0.39 is 10.0 Å². The predicted octanol–water partition coefficient (Wildman–Crippen LogP) is 3.85. The maximum absolute atomic E-state index is 13.1. The average molecular weight is 492 g/mol. The molecule has 0 aliphatic carbocycles. The van der Waals surface area contributed by atoms with Crippen molar-refractivity contribution in [2.45, 2.75) is 25.4 Å². The van der Waals surface area contributed by atoms with Crippen molar-refractivity contribution in [2.24, 2.45) is 7.05 Å². The Morgan fingerprint density at radius 1 is 1.06 bits per heavy atom. The second kappa shape index (κ2) is 9.07. The summed E-state index contributed by atoms with van der Waals surface area (Å²) in [5.74, 6) is 0.705. The number of hydrogen-bond donors (Lipinski definition) is 0.